The van der Waals surface area contributed by atoms with Gasteiger partial charge in [0.1, 0.15) is 0 Å². The second kappa shape index (κ2) is 5.91. The molecule has 0 saturated heterocycles. The highest BCUT2D eigenvalue weighted by Crippen LogP contribution is 2.30. The molecule has 1 aliphatic heterocycles. The van der Waals surface area contributed by atoms with Crippen LogP contribution in [0.4, 0.5) is 0 Å². The average molecular weight is 322 g/mol. The van der Waals surface area contributed by atoms with E-state index >= 15 is 0 Å². The zero-order chi connectivity index (χ0) is 15.0. The molecule has 1 aliphatic rings. The molecule has 110 valence electrons. The lowest BCUT2D eigenvalue weighted by Gasteiger charge is -2.21. The summed E-state index contributed by atoms with van der Waals surface area (Å²) in [7, 11) is 0. The van der Waals surface area contributed by atoms with Gasteiger partial charge in [0.15, 0.2) is 5.82 Å². The molecular weight excluding hydrogens is 305 g/mol. The maximum Gasteiger partial charge on any atom is 0.159 e. The first kappa shape index (κ1) is 14.8. The minimum absolute atomic E-state index is 0.376. The van der Waals surface area contributed by atoms with Crippen LogP contribution in [-0.4, -0.2) is 16.5 Å². The lowest BCUT2D eigenvalue weighted by Crippen LogP contribution is -2.27. The van der Waals surface area contributed by atoms with Gasteiger partial charge in [0.2, 0.25) is 0 Å². The van der Waals surface area contributed by atoms with Crippen LogP contribution in [-0.2, 0) is 13.0 Å². The van der Waals surface area contributed by atoms with E-state index in [4.69, 9.17) is 33.2 Å². The minimum Gasteiger partial charge on any atom is -0.311 e. The van der Waals surface area contributed by atoms with Crippen molar-refractivity contribution in [3.05, 3.63) is 45.2 Å². The van der Waals surface area contributed by atoms with Crippen LogP contribution in [0.2, 0.25) is 10.0 Å². The number of halogens is 2. The zero-order valence-electron chi connectivity index (χ0n) is 12.1. The Morgan fingerprint density at radius 1 is 1.14 bits per heavy atom. The monoisotopic (exact) mass is 321 g/mol. The Bertz CT molecular complexity index is 683. The maximum absolute atomic E-state index is 6.11. The highest BCUT2D eigenvalue weighted by Gasteiger charge is 2.20. The van der Waals surface area contributed by atoms with Gasteiger partial charge in [-0.3, -0.25) is 0 Å². The number of nitrogens with one attached hydrogen (secondary N) is 1. The van der Waals surface area contributed by atoms with Crippen LogP contribution >= 0.6 is 23.2 Å². The molecule has 0 fully saturated rings. The molecule has 5 heteroatoms. The molecule has 0 aliphatic carbocycles. The van der Waals surface area contributed by atoms with Gasteiger partial charge in [0.25, 0.3) is 0 Å². The van der Waals surface area contributed by atoms with Gasteiger partial charge in [-0.25, -0.2) is 9.97 Å². The highest BCUT2D eigenvalue weighted by molar-refractivity contribution is 6.42. The zero-order valence-corrected chi connectivity index (χ0v) is 13.6. The molecule has 21 heavy (non-hydrogen) atoms. The molecular formula is C16H17Cl2N3. The fraction of sp³-hybridized carbons (Fsp3) is 0.375. The Morgan fingerprint density at radius 3 is 2.67 bits per heavy atom. The van der Waals surface area contributed by atoms with Gasteiger partial charge in [0, 0.05) is 12.1 Å². The highest BCUT2D eigenvalue weighted by atomic mass is 35.5. The quantitative estimate of drug-likeness (QED) is 0.899. The topological polar surface area (TPSA) is 37.8 Å². The lowest BCUT2D eigenvalue weighted by atomic mass is 9.97. The first-order valence-corrected chi connectivity index (χ1v) is 7.87. The summed E-state index contributed by atoms with van der Waals surface area (Å²) in [5, 5.41) is 4.44. The molecule has 0 atom stereocenters. The standard InChI is InChI=1S/C16H17Cl2N3/c1-9(2)15-11-5-6-19-8-14(11)20-16(21-15)10-3-4-12(17)13(18)7-10/h3-4,7,9,19H,5-6,8H2,1-2H3. The van der Waals surface area contributed by atoms with Crippen LogP contribution in [0.15, 0.2) is 18.2 Å². The summed E-state index contributed by atoms with van der Waals surface area (Å²) in [5.41, 5.74) is 4.44. The first-order chi connectivity index (χ1) is 10.1. The van der Waals surface area contributed by atoms with Crippen molar-refractivity contribution in [3.63, 3.8) is 0 Å². The van der Waals surface area contributed by atoms with E-state index in [-0.39, 0.29) is 0 Å². The van der Waals surface area contributed by atoms with Crippen molar-refractivity contribution in [2.45, 2.75) is 32.7 Å². The van der Waals surface area contributed by atoms with Crippen molar-refractivity contribution in [3.8, 4) is 11.4 Å². The second-order valence-electron chi connectivity index (χ2n) is 5.57. The Hall–Kier alpha value is -1.16. The van der Waals surface area contributed by atoms with Crippen LogP contribution in [0.3, 0.4) is 0 Å². The van der Waals surface area contributed by atoms with Crippen LogP contribution < -0.4 is 5.32 Å². The summed E-state index contributed by atoms with van der Waals surface area (Å²) in [6.45, 7) is 6.13. The van der Waals surface area contributed by atoms with Gasteiger partial charge in [-0.2, -0.15) is 0 Å². The SMILES string of the molecule is CC(C)c1nc(-c2ccc(Cl)c(Cl)c2)nc2c1CCNC2. The third-order valence-corrected chi connectivity index (χ3v) is 4.43. The van der Waals surface area contributed by atoms with Gasteiger partial charge in [-0.05, 0) is 42.6 Å². The van der Waals surface area contributed by atoms with Gasteiger partial charge < -0.3 is 5.32 Å². The molecule has 1 aromatic heterocycles. The molecule has 0 radical (unpaired) electrons. The number of rotatable bonds is 2. The summed E-state index contributed by atoms with van der Waals surface area (Å²) >= 11 is 12.1. The van der Waals surface area contributed by atoms with Gasteiger partial charge in [-0.15, -0.1) is 0 Å². The van der Waals surface area contributed by atoms with E-state index in [0.717, 1.165) is 42.3 Å². The Balaban J connectivity index is 2.14. The molecule has 3 nitrogen and oxygen atoms in total. The summed E-state index contributed by atoms with van der Waals surface area (Å²) in [5.74, 6) is 1.10. The molecule has 0 amide bonds. The smallest absolute Gasteiger partial charge is 0.159 e. The van der Waals surface area contributed by atoms with E-state index < -0.39 is 0 Å². The van der Waals surface area contributed by atoms with Crippen molar-refractivity contribution in [1.82, 2.24) is 15.3 Å². The Labute approximate surface area is 134 Å². The van der Waals surface area contributed by atoms with Crippen molar-refractivity contribution in [2.75, 3.05) is 6.54 Å². The fourth-order valence-electron chi connectivity index (χ4n) is 2.63. The largest absolute Gasteiger partial charge is 0.311 e. The molecule has 2 heterocycles. The van der Waals surface area contributed by atoms with Crippen LogP contribution in [0.25, 0.3) is 11.4 Å². The molecule has 2 aromatic rings. The van der Waals surface area contributed by atoms with Crippen LogP contribution in [0.5, 0.6) is 0 Å². The number of hydrogen-bond donors (Lipinski definition) is 1. The van der Waals surface area contributed by atoms with Crippen molar-refractivity contribution in [2.24, 2.45) is 0 Å². The number of nitrogens with zero attached hydrogens (tertiary/aromatic N) is 2. The number of benzene rings is 1. The van der Waals surface area contributed by atoms with Gasteiger partial charge >= 0.3 is 0 Å². The molecule has 0 bridgehead atoms. The minimum atomic E-state index is 0.376. The molecule has 3 rings (SSSR count). The summed E-state index contributed by atoms with van der Waals surface area (Å²) in [6, 6.07) is 5.53. The predicted octanol–water partition coefficient (Wildman–Crippen LogP) is 4.22. The maximum atomic E-state index is 6.11. The normalized spacial score (nSPS) is 14.3. The van der Waals surface area contributed by atoms with Gasteiger partial charge in [0.05, 0.1) is 21.4 Å². The van der Waals surface area contributed by atoms with E-state index in [1.165, 1.54) is 5.56 Å². The second-order valence-corrected chi connectivity index (χ2v) is 6.38. The summed E-state index contributed by atoms with van der Waals surface area (Å²) in [6.07, 6.45) is 0.991. The Morgan fingerprint density at radius 2 is 1.95 bits per heavy atom. The Kier molecular flexibility index (Phi) is 4.16. The third kappa shape index (κ3) is 2.91. The van der Waals surface area contributed by atoms with Gasteiger partial charge in [-0.1, -0.05) is 37.0 Å². The van der Waals surface area contributed by atoms with Crippen molar-refractivity contribution >= 4 is 23.2 Å². The lowest BCUT2D eigenvalue weighted by molar-refractivity contribution is 0.609. The van der Waals surface area contributed by atoms with Crippen molar-refractivity contribution < 1.29 is 0 Å². The molecule has 0 saturated carbocycles. The van der Waals surface area contributed by atoms with E-state index in [9.17, 15) is 0 Å². The summed E-state index contributed by atoms with van der Waals surface area (Å²) < 4.78 is 0. The molecule has 1 N–H and O–H groups in total. The average Bonchev–Trinajstić information content (AvgIpc) is 2.48. The van der Waals surface area contributed by atoms with E-state index in [1.54, 1.807) is 6.07 Å². The molecule has 1 aromatic carbocycles. The van der Waals surface area contributed by atoms with Crippen LogP contribution in [0, 0.1) is 0 Å². The van der Waals surface area contributed by atoms with Crippen molar-refractivity contribution in [1.29, 1.82) is 0 Å². The van der Waals surface area contributed by atoms with E-state index in [2.05, 4.69) is 19.2 Å². The first-order valence-electron chi connectivity index (χ1n) is 7.12. The van der Waals surface area contributed by atoms with Crippen LogP contribution in [0.1, 0.15) is 36.7 Å². The number of aromatic nitrogens is 2. The summed E-state index contributed by atoms with van der Waals surface area (Å²) in [4.78, 5) is 9.51. The molecule has 0 spiro atoms. The number of fused-ring (bicyclic) bond motifs is 1. The predicted molar refractivity (Wildman–Crippen MR) is 87.0 cm³/mol. The fourth-order valence-corrected chi connectivity index (χ4v) is 2.93. The number of hydrogen-bond acceptors (Lipinski definition) is 3. The van der Waals surface area contributed by atoms with E-state index in [0.29, 0.717) is 16.0 Å². The third-order valence-electron chi connectivity index (χ3n) is 3.69. The van der Waals surface area contributed by atoms with E-state index in [1.807, 2.05) is 12.1 Å². The molecule has 0 unspecified atom stereocenters.